The molecule has 1 aliphatic rings. The average Bonchev–Trinajstić information content (AvgIpc) is 2.33. The van der Waals surface area contributed by atoms with Crippen molar-refractivity contribution >= 4 is 17.1 Å². The number of hydrogen-bond acceptors (Lipinski definition) is 4. The molecule has 4 heteroatoms. The summed E-state index contributed by atoms with van der Waals surface area (Å²) in [4.78, 5) is 0. The zero-order valence-corrected chi connectivity index (χ0v) is 10.5. The maximum absolute atomic E-state index is 6.11. The fourth-order valence-electron chi connectivity index (χ4n) is 2.27. The molecule has 0 radical (unpaired) electrons. The van der Waals surface area contributed by atoms with Gasteiger partial charge in [-0.05, 0) is 25.0 Å². The van der Waals surface area contributed by atoms with E-state index in [0.717, 1.165) is 54.2 Å². The molecule has 1 aliphatic heterocycles. The van der Waals surface area contributed by atoms with E-state index in [1.165, 1.54) is 0 Å². The highest BCUT2D eigenvalue weighted by atomic mass is 16.5. The molecule has 0 fully saturated rings. The van der Waals surface area contributed by atoms with E-state index in [1.807, 2.05) is 13.0 Å². The third-order valence-corrected chi connectivity index (χ3v) is 3.21. The first kappa shape index (κ1) is 12.0. The zero-order valence-electron chi connectivity index (χ0n) is 10.5. The minimum Gasteiger partial charge on any atom is -0.398 e. The normalized spacial score (nSPS) is 18.6. The number of anilines is 3. The number of nitrogen functional groups attached to an aromatic ring is 2. The van der Waals surface area contributed by atoms with E-state index in [0.29, 0.717) is 0 Å². The lowest BCUT2D eigenvalue weighted by Gasteiger charge is -2.29. The molecule has 0 saturated heterocycles. The Morgan fingerprint density at radius 3 is 2.94 bits per heavy atom. The van der Waals surface area contributed by atoms with Gasteiger partial charge in [-0.25, -0.2) is 0 Å². The largest absolute Gasteiger partial charge is 0.398 e. The number of hydrogen-bond donors (Lipinski definition) is 3. The molecule has 0 bridgehead atoms. The summed E-state index contributed by atoms with van der Waals surface area (Å²) in [5.74, 6) is 0. The standard InChI is InChI=1S/C13H21N3O/c1-3-4-17-9-6-10-12(15)8(2)5-11(14)13(10)16-7-9/h5,9,16H,3-4,6-7,14-15H2,1-2H3. The molecule has 0 aromatic heterocycles. The fourth-order valence-corrected chi connectivity index (χ4v) is 2.27. The molecule has 0 aliphatic carbocycles. The van der Waals surface area contributed by atoms with Gasteiger partial charge in [-0.15, -0.1) is 0 Å². The van der Waals surface area contributed by atoms with Crippen molar-refractivity contribution < 1.29 is 4.74 Å². The Balaban J connectivity index is 2.24. The summed E-state index contributed by atoms with van der Waals surface area (Å²) in [7, 11) is 0. The van der Waals surface area contributed by atoms with Gasteiger partial charge in [-0.1, -0.05) is 6.92 Å². The maximum Gasteiger partial charge on any atom is 0.0789 e. The number of rotatable bonds is 3. The highest BCUT2D eigenvalue weighted by Gasteiger charge is 2.23. The Bertz CT molecular complexity index is 418. The number of nitrogens with one attached hydrogen (secondary N) is 1. The van der Waals surface area contributed by atoms with Gasteiger partial charge in [0.05, 0.1) is 17.5 Å². The van der Waals surface area contributed by atoms with E-state index in [-0.39, 0.29) is 6.10 Å². The number of aryl methyl sites for hydroxylation is 1. The van der Waals surface area contributed by atoms with Crippen molar-refractivity contribution in [3.05, 3.63) is 17.2 Å². The van der Waals surface area contributed by atoms with Gasteiger partial charge in [0.25, 0.3) is 0 Å². The number of nitrogens with two attached hydrogens (primary N) is 2. The summed E-state index contributed by atoms with van der Waals surface area (Å²) in [6.45, 7) is 5.70. The minimum absolute atomic E-state index is 0.200. The second-order valence-corrected chi connectivity index (χ2v) is 4.63. The van der Waals surface area contributed by atoms with E-state index < -0.39 is 0 Å². The maximum atomic E-state index is 6.11. The molecule has 1 atom stereocenters. The van der Waals surface area contributed by atoms with Crippen molar-refractivity contribution in [3.8, 4) is 0 Å². The van der Waals surface area contributed by atoms with Crippen LogP contribution in [0.5, 0.6) is 0 Å². The molecular weight excluding hydrogens is 214 g/mol. The molecule has 1 heterocycles. The monoisotopic (exact) mass is 235 g/mol. The molecule has 0 spiro atoms. The van der Waals surface area contributed by atoms with E-state index in [1.54, 1.807) is 0 Å². The van der Waals surface area contributed by atoms with Gasteiger partial charge < -0.3 is 21.5 Å². The smallest absolute Gasteiger partial charge is 0.0789 e. The first-order valence-corrected chi connectivity index (χ1v) is 6.16. The second-order valence-electron chi connectivity index (χ2n) is 4.63. The number of benzene rings is 1. The summed E-state index contributed by atoms with van der Waals surface area (Å²) < 4.78 is 5.76. The van der Waals surface area contributed by atoms with Gasteiger partial charge in [-0.2, -0.15) is 0 Å². The molecule has 2 rings (SSSR count). The molecule has 1 aromatic carbocycles. The molecule has 0 amide bonds. The SMILES string of the molecule is CCCOC1CNc2c(N)cc(C)c(N)c2C1. The van der Waals surface area contributed by atoms with Crippen LogP contribution in [0.15, 0.2) is 6.07 Å². The van der Waals surface area contributed by atoms with Crippen LogP contribution >= 0.6 is 0 Å². The first-order valence-electron chi connectivity index (χ1n) is 6.16. The molecule has 1 aromatic rings. The van der Waals surface area contributed by atoms with Gasteiger partial charge in [0.15, 0.2) is 0 Å². The van der Waals surface area contributed by atoms with Gasteiger partial charge in [0.1, 0.15) is 0 Å². The van der Waals surface area contributed by atoms with Crippen LogP contribution in [0.3, 0.4) is 0 Å². The van der Waals surface area contributed by atoms with Crippen LogP contribution in [0, 0.1) is 6.92 Å². The van der Waals surface area contributed by atoms with Crippen LogP contribution in [0.2, 0.25) is 0 Å². The Hall–Kier alpha value is -1.42. The molecule has 94 valence electrons. The molecule has 5 N–H and O–H groups in total. The lowest BCUT2D eigenvalue weighted by Crippen LogP contribution is -2.32. The summed E-state index contributed by atoms with van der Waals surface area (Å²) in [5.41, 5.74) is 16.9. The third kappa shape index (κ3) is 2.31. The highest BCUT2D eigenvalue weighted by molar-refractivity contribution is 5.80. The van der Waals surface area contributed by atoms with Crippen molar-refractivity contribution in [2.75, 3.05) is 29.9 Å². The zero-order chi connectivity index (χ0) is 12.4. The van der Waals surface area contributed by atoms with E-state index in [2.05, 4.69) is 12.2 Å². The molecular formula is C13H21N3O. The summed E-state index contributed by atoms with van der Waals surface area (Å²) >= 11 is 0. The first-order chi connectivity index (χ1) is 8.13. The van der Waals surface area contributed by atoms with E-state index in [9.17, 15) is 0 Å². The van der Waals surface area contributed by atoms with Gasteiger partial charge in [0, 0.05) is 30.8 Å². The topological polar surface area (TPSA) is 73.3 Å². The Morgan fingerprint density at radius 2 is 2.24 bits per heavy atom. The molecule has 17 heavy (non-hydrogen) atoms. The Morgan fingerprint density at radius 1 is 1.47 bits per heavy atom. The van der Waals surface area contributed by atoms with Crippen molar-refractivity contribution in [3.63, 3.8) is 0 Å². The summed E-state index contributed by atoms with van der Waals surface area (Å²) in [6, 6.07) is 1.92. The van der Waals surface area contributed by atoms with Crippen molar-refractivity contribution in [2.24, 2.45) is 0 Å². The van der Waals surface area contributed by atoms with E-state index in [4.69, 9.17) is 16.2 Å². The quantitative estimate of drug-likeness (QED) is 0.700. The molecule has 4 nitrogen and oxygen atoms in total. The van der Waals surface area contributed by atoms with Crippen LogP contribution in [0.4, 0.5) is 17.1 Å². The van der Waals surface area contributed by atoms with Crippen molar-refractivity contribution in [2.45, 2.75) is 32.8 Å². The van der Waals surface area contributed by atoms with Gasteiger partial charge >= 0.3 is 0 Å². The Kier molecular flexibility index (Phi) is 3.43. The Labute approximate surface area is 102 Å². The van der Waals surface area contributed by atoms with Crippen LogP contribution in [0.25, 0.3) is 0 Å². The molecule has 0 saturated carbocycles. The average molecular weight is 235 g/mol. The lowest BCUT2D eigenvalue weighted by molar-refractivity contribution is 0.0610. The number of ether oxygens (including phenoxy) is 1. The van der Waals surface area contributed by atoms with Crippen molar-refractivity contribution in [1.29, 1.82) is 0 Å². The van der Waals surface area contributed by atoms with Gasteiger partial charge in [-0.3, -0.25) is 0 Å². The van der Waals surface area contributed by atoms with Crippen LogP contribution in [-0.2, 0) is 11.2 Å². The van der Waals surface area contributed by atoms with Crippen LogP contribution in [0.1, 0.15) is 24.5 Å². The third-order valence-electron chi connectivity index (χ3n) is 3.21. The van der Waals surface area contributed by atoms with Crippen molar-refractivity contribution in [1.82, 2.24) is 0 Å². The summed E-state index contributed by atoms with van der Waals surface area (Å²) in [6.07, 6.45) is 2.08. The predicted octanol–water partition coefficient (Wildman–Crippen LogP) is 1.92. The van der Waals surface area contributed by atoms with Crippen LogP contribution < -0.4 is 16.8 Å². The van der Waals surface area contributed by atoms with E-state index >= 15 is 0 Å². The minimum atomic E-state index is 0.200. The fraction of sp³-hybridized carbons (Fsp3) is 0.538. The van der Waals surface area contributed by atoms with Crippen LogP contribution in [-0.4, -0.2) is 19.3 Å². The second kappa shape index (κ2) is 4.84. The number of fused-ring (bicyclic) bond motifs is 1. The van der Waals surface area contributed by atoms with Gasteiger partial charge in [0.2, 0.25) is 0 Å². The lowest BCUT2D eigenvalue weighted by atomic mass is 9.95. The molecule has 1 unspecified atom stereocenters. The predicted molar refractivity (Wildman–Crippen MR) is 72.2 cm³/mol. The summed E-state index contributed by atoms with van der Waals surface area (Å²) in [5, 5.41) is 3.33. The highest BCUT2D eigenvalue weighted by Crippen LogP contribution is 2.35.